The van der Waals surface area contributed by atoms with Crippen molar-refractivity contribution >= 4 is 27.7 Å². The summed E-state index contributed by atoms with van der Waals surface area (Å²) in [5.74, 6) is 0.817. The number of sulfonamides is 1. The zero-order chi connectivity index (χ0) is 22.7. The second kappa shape index (κ2) is 9.31. The van der Waals surface area contributed by atoms with E-state index >= 15 is 0 Å². The molecule has 0 unspecified atom stereocenters. The zero-order valence-corrected chi connectivity index (χ0v) is 19.1. The van der Waals surface area contributed by atoms with Crippen LogP contribution in [0, 0.1) is 0 Å². The van der Waals surface area contributed by atoms with Crippen LogP contribution in [0.25, 0.3) is 17.1 Å². The molecule has 1 saturated heterocycles. The van der Waals surface area contributed by atoms with Crippen LogP contribution in [-0.2, 0) is 14.8 Å². The minimum Gasteiger partial charge on any atom is -0.497 e. The molecule has 2 N–H and O–H groups in total. The number of hydrogen-bond acceptors (Lipinski definition) is 7. The Bertz CT molecular complexity index is 1200. The summed E-state index contributed by atoms with van der Waals surface area (Å²) < 4.78 is 34.2. The summed E-state index contributed by atoms with van der Waals surface area (Å²) in [5, 5.41) is 9.03. The minimum atomic E-state index is -3.50. The van der Waals surface area contributed by atoms with Crippen molar-refractivity contribution in [1.82, 2.24) is 19.1 Å². The van der Waals surface area contributed by atoms with E-state index in [9.17, 15) is 13.2 Å². The Morgan fingerprint density at radius 1 is 1.06 bits per heavy atom. The molecule has 4 rings (SSSR count). The molecular formula is C21H23N5O4S2. The highest BCUT2D eigenvalue weighted by molar-refractivity contribution is 7.99. The number of rotatable bonds is 8. The Hall–Kier alpha value is -2.89. The van der Waals surface area contributed by atoms with Crippen LogP contribution in [0.4, 0.5) is 0 Å². The van der Waals surface area contributed by atoms with E-state index < -0.39 is 15.9 Å². The van der Waals surface area contributed by atoms with Crippen molar-refractivity contribution < 1.29 is 17.9 Å². The topological polar surface area (TPSA) is 120 Å². The highest BCUT2D eigenvalue weighted by Crippen LogP contribution is 2.30. The van der Waals surface area contributed by atoms with Crippen LogP contribution in [0.1, 0.15) is 12.8 Å². The summed E-state index contributed by atoms with van der Waals surface area (Å²) in [6.07, 6.45) is 1.77. The van der Waals surface area contributed by atoms with Crippen LogP contribution >= 0.6 is 11.8 Å². The number of nitrogens with two attached hydrogens (primary N) is 1. The lowest BCUT2D eigenvalue weighted by Gasteiger charge is -2.16. The van der Waals surface area contributed by atoms with Crippen LogP contribution in [0.15, 0.2) is 58.6 Å². The van der Waals surface area contributed by atoms with Crippen molar-refractivity contribution in [2.24, 2.45) is 5.73 Å². The number of thioether (sulfide) groups is 1. The number of aromatic nitrogens is 3. The monoisotopic (exact) mass is 473 g/mol. The SMILES string of the molecule is COc1ccc(-n2c(SCC(N)=O)nnc2-c2ccc(S(=O)(=O)N3CCCC3)cc2)cc1. The lowest BCUT2D eigenvalue weighted by molar-refractivity contribution is -0.115. The number of hydrogen-bond donors (Lipinski definition) is 1. The van der Waals surface area contributed by atoms with E-state index in [2.05, 4.69) is 10.2 Å². The first kappa shape index (κ1) is 22.3. The molecule has 2 aromatic carbocycles. The van der Waals surface area contributed by atoms with Gasteiger partial charge in [0.2, 0.25) is 15.9 Å². The molecule has 3 aromatic rings. The lowest BCUT2D eigenvalue weighted by atomic mass is 10.2. The molecule has 0 spiro atoms. The van der Waals surface area contributed by atoms with Crippen molar-refractivity contribution in [3.05, 3.63) is 48.5 Å². The van der Waals surface area contributed by atoms with Crippen molar-refractivity contribution in [2.75, 3.05) is 26.0 Å². The predicted octanol–water partition coefficient (Wildman–Crippen LogP) is 2.30. The molecule has 1 fully saturated rings. The van der Waals surface area contributed by atoms with Crippen molar-refractivity contribution in [3.8, 4) is 22.8 Å². The summed E-state index contributed by atoms with van der Waals surface area (Å²) >= 11 is 1.18. The molecule has 0 bridgehead atoms. The molecule has 32 heavy (non-hydrogen) atoms. The second-order valence-corrected chi connectivity index (χ2v) is 10.1. The molecule has 1 aliphatic rings. The molecule has 1 aliphatic heterocycles. The van der Waals surface area contributed by atoms with Gasteiger partial charge in [0.05, 0.1) is 17.8 Å². The smallest absolute Gasteiger partial charge is 0.243 e. The van der Waals surface area contributed by atoms with E-state index in [1.165, 1.54) is 16.1 Å². The van der Waals surface area contributed by atoms with Gasteiger partial charge in [-0.05, 0) is 61.4 Å². The number of amides is 1. The third-order valence-corrected chi connectivity index (χ3v) is 7.99. The second-order valence-electron chi connectivity index (χ2n) is 7.23. The lowest BCUT2D eigenvalue weighted by Crippen LogP contribution is -2.27. The molecule has 168 valence electrons. The average molecular weight is 474 g/mol. The highest BCUT2D eigenvalue weighted by Gasteiger charge is 2.27. The molecule has 1 amide bonds. The van der Waals surface area contributed by atoms with Gasteiger partial charge in [-0.25, -0.2) is 8.42 Å². The largest absolute Gasteiger partial charge is 0.497 e. The predicted molar refractivity (Wildman–Crippen MR) is 121 cm³/mol. The summed E-state index contributed by atoms with van der Waals surface area (Å²) in [5.41, 5.74) is 6.76. The molecule has 0 saturated carbocycles. The maximum atomic E-state index is 12.8. The number of carbonyl (C=O) groups is 1. The Morgan fingerprint density at radius 3 is 2.31 bits per heavy atom. The summed E-state index contributed by atoms with van der Waals surface area (Å²) in [4.78, 5) is 11.5. The van der Waals surface area contributed by atoms with E-state index in [1.807, 2.05) is 24.3 Å². The van der Waals surface area contributed by atoms with Crippen molar-refractivity contribution in [2.45, 2.75) is 22.9 Å². The third kappa shape index (κ3) is 4.50. The molecule has 0 radical (unpaired) electrons. The number of methoxy groups -OCH3 is 1. The number of nitrogens with zero attached hydrogens (tertiary/aromatic N) is 4. The number of primary amides is 1. The molecule has 0 aliphatic carbocycles. The van der Waals surface area contributed by atoms with Gasteiger partial charge < -0.3 is 10.5 Å². The van der Waals surface area contributed by atoms with Gasteiger partial charge in [-0.1, -0.05) is 11.8 Å². The summed E-state index contributed by atoms with van der Waals surface area (Å²) in [6.45, 7) is 1.10. The molecule has 1 aromatic heterocycles. The fraction of sp³-hybridized carbons (Fsp3) is 0.286. The van der Waals surface area contributed by atoms with Gasteiger partial charge in [0.15, 0.2) is 11.0 Å². The zero-order valence-electron chi connectivity index (χ0n) is 17.5. The third-order valence-electron chi connectivity index (χ3n) is 5.12. The normalized spacial score (nSPS) is 14.5. The van der Waals surface area contributed by atoms with E-state index in [1.54, 1.807) is 35.9 Å². The number of carbonyl (C=O) groups excluding carboxylic acids is 1. The van der Waals surface area contributed by atoms with Gasteiger partial charge in [0, 0.05) is 24.3 Å². The Labute approximate surface area is 190 Å². The van der Waals surface area contributed by atoms with E-state index in [0.29, 0.717) is 35.4 Å². The average Bonchev–Trinajstić information content (AvgIpc) is 3.48. The van der Waals surface area contributed by atoms with Gasteiger partial charge >= 0.3 is 0 Å². The molecule has 0 atom stereocenters. The van der Waals surface area contributed by atoms with Gasteiger partial charge in [0.1, 0.15) is 5.75 Å². The standard InChI is InChI=1S/C21H23N5O4S2/c1-30-17-8-6-16(7-9-17)26-20(23-24-21(26)31-14-19(22)27)15-4-10-18(11-5-15)32(28,29)25-12-2-3-13-25/h4-11H,2-3,12-14H2,1H3,(H2,22,27). The molecule has 11 heteroatoms. The fourth-order valence-electron chi connectivity index (χ4n) is 3.50. The fourth-order valence-corrected chi connectivity index (χ4v) is 5.71. The van der Waals surface area contributed by atoms with Crippen molar-refractivity contribution in [1.29, 1.82) is 0 Å². The molecule has 2 heterocycles. The first-order valence-electron chi connectivity index (χ1n) is 10.0. The van der Waals surface area contributed by atoms with Gasteiger partial charge in [-0.15, -0.1) is 10.2 Å². The van der Waals surface area contributed by atoms with E-state index in [-0.39, 0.29) is 10.6 Å². The summed E-state index contributed by atoms with van der Waals surface area (Å²) in [7, 11) is -1.91. The first-order chi connectivity index (χ1) is 15.4. The van der Waals surface area contributed by atoms with Gasteiger partial charge in [0.25, 0.3) is 0 Å². The Kier molecular flexibility index (Phi) is 6.49. The number of benzene rings is 2. The number of ether oxygens (including phenoxy) is 1. The van der Waals surface area contributed by atoms with Gasteiger partial charge in [-0.3, -0.25) is 9.36 Å². The van der Waals surface area contributed by atoms with E-state index in [0.717, 1.165) is 18.5 Å². The minimum absolute atomic E-state index is 0.0568. The van der Waals surface area contributed by atoms with E-state index in [4.69, 9.17) is 10.5 Å². The van der Waals surface area contributed by atoms with Crippen molar-refractivity contribution in [3.63, 3.8) is 0 Å². The molecular weight excluding hydrogens is 450 g/mol. The van der Waals surface area contributed by atoms with Crippen LogP contribution in [0.3, 0.4) is 0 Å². The Balaban J connectivity index is 1.71. The highest BCUT2D eigenvalue weighted by atomic mass is 32.2. The van der Waals surface area contributed by atoms with Crippen LogP contribution in [0.2, 0.25) is 0 Å². The Morgan fingerprint density at radius 2 is 1.72 bits per heavy atom. The first-order valence-corrected chi connectivity index (χ1v) is 12.4. The quantitative estimate of drug-likeness (QED) is 0.498. The van der Waals surface area contributed by atoms with Crippen LogP contribution in [-0.4, -0.2) is 59.3 Å². The molecule has 9 nitrogen and oxygen atoms in total. The maximum Gasteiger partial charge on any atom is 0.243 e. The van der Waals surface area contributed by atoms with Crippen LogP contribution < -0.4 is 10.5 Å². The van der Waals surface area contributed by atoms with Gasteiger partial charge in [-0.2, -0.15) is 4.31 Å². The van der Waals surface area contributed by atoms with Crippen LogP contribution in [0.5, 0.6) is 5.75 Å². The summed E-state index contributed by atoms with van der Waals surface area (Å²) in [6, 6.07) is 13.9. The maximum absolute atomic E-state index is 12.8.